The van der Waals surface area contributed by atoms with Crippen molar-refractivity contribution in [1.82, 2.24) is 30.0 Å². The maximum absolute atomic E-state index is 13.8. The Kier molecular flexibility index (Phi) is 6.74. The Morgan fingerprint density at radius 3 is 2.68 bits per heavy atom. The van der Waals surface area contributed by atoms with E-state index in [-0.39, 0.29) is 11.7 Å². The third-order valence-corrected chi connectivity index (χ3v) is 6.48. The molecule has 6 nitrogen and oxygen atoms in total. The normalized spacial score (nSPS) is 21.1. The molecule has 2 aromatic heterocycles. The predicted molar refractivity (Wildman–Crippen MR) is 132 cm³/mol. The van der Waals surface area contributed by atoms with E-state index in [0.29, 0.717) is 18.4 Å². The minimum atomic E-state index is -0.153. The van der Waals surface area contributed by atoms with Crippen LogP contribution in [0.1, 0.15) is 48.2 Å². The summed E-state index contributed by atoms with van der Waals surface area (Å²) in [5, 5.41) is 8.22. The summed E-state index contributed by atoms with van der Waals surface area (Å²) in [5.41, 5.74) is 4.11. The first kappa shape index (κ1) is 22.4. The van der Waals surface area contributed by atoms with Crippen molar-refractivity contribution in [3.05, 3.63) is 102 Å². The molecule has 5 rings (SSSR count). The largest absolute Gasteiger partial charge is 0.307 e. The molecule has 0 saturated carbocycles. The summed E-state index contributed by atoms with van der Waals surface area (Å²) in [4.78, 5) is 11.4. The van der Waals surface area contributed by atoms with E-state index in [1.165, 1.54) is 11.6 Å². The van der Waals surface area contributed by atoms with Crippen molar-refractivity contribution < 1.29 is 4.39 Å². The standard InChI is InChI=1S/C27H29FN6/c1-29-19-33-18-22(12-14-25(33)21-7-3-2-4-8-21)26-17-24(20-9-5-10-23(28)13-11-20)32-34(26)27-30-15-6-16-31-27/h2-9,11,13,15-17,22,25,29H,10,12,14,18-19H2,1H3. The fourth-order valence-corrected chi connectivity index (χ4v) is 4.88. The van der Waals surface area contributed by atoms with E-state index < -0.39 is 0 Å². The number of piperidine rings is 1. The van der Waals surface area contributed by atoms with Gasteiger partial charge in [0.25, 0.3) is 5.95 Å². The first-order valence-electron chi connectivity index (χ1n) is 11.8. The Bertz CT molecular complexity index is 1200. The Hall–Kier alpha value is -3.42. The smallest absolute Gasteiger partial charge is 0.250 e. The molecule has 1 fully saturated rings. The van der Waals surface area contributed by atoms with Crippen molar-refractivity contribution in [2.45, 2.75) is 31.2 Å². The number of hydrogen-bond donors (Lipinski definition) is 1. The number of allylic oxidation sites excluding steroid dienone is 6. The van der Waals surface area contributed by atoms with E-state index in [1.807, 2.05) is 23.9 Å². The molecule has 2 unspecified atom stereocenters. The van der Waals surface area contributed by atoms with Gasteiger partial charge >= 0.3 is 0 Å². The van der Waals surface area contributed by atoms with Gasteiger partial charge in [-0.25, -0.2) is 19.0 Å². The van der Waals surface area contributed by atoms with Crippen LogP contribution in [0.5, 0.6) is 0 Å². The van der Waals surface area contributed by atoms with E-state index in [4.69, 9.17) is 5.10 Å². The van der Waals surface area contributed by atoms with Crippen molar-refractivity contribution >= 4 is 5.57 Å². The third-order valence-electron chi connectivity index (χ3n) is 6.48. The lowest BCUT2D eigenvalue weighted by molar-refractivity contribution is 0.123. The number of nitrogens with zero attached hydrogens (tertiary/aromatic N) is 5. The fraction of sp³-hybridized carbons (Fsp3) is 0.296. The van der Waals surface area contributed by atoms with Gasteiger partial charge in [0.2, 0.25) is 0 Å². The number of rotatable bonds is 6. The fourth-order valence-electron chi connectivity index (χ4n) is 4.88. The van der Waals surface area contributed by atoms with Gasteiger partial charge in [-0.1, -0.05) is 48.6 Å². The van der Waals surface area contributed by atoms with Gasteiger partial charge in [-0.15, -0.1) is 0 Å². The summed E-state index contributed by atoms with van der Waals surface area (Å²) in [7, 11) is 1.99. The molecule has 2 atom stereocenters. The lowest BCUT2D eigenvalue weighted by Gasteiger charge is -2.40. The average molecular weight is 457 g/mol. The third kappa shape index (κ3) is 4.76. The first-order chi connectivity index (χ1) is 16.7. The molecule has 34 heavy (non-hydrogen) atoms. The maximum Gasteiger partial charge on any atom is 0.250 e. The minimum absolute atomic E-state index is 0.153. The van der Waals surface area contributed by atoms with Crippen LogP contribution in [0, 0.1) is 0 Å². The second kappa shape index (κ2) is 10.2. The summed E-state index contributed by atoms with van der Waals surface area (Å²) in [6.45, 7) is 1.69. The summed E-state index contributed by atoms with van der Waals surface area (Å²) < 4.78 is 15.6. The number of nitrogens with one attached hydrogen (secondary N) is 1. The minimum Gasteiger partial charge on any atom is -0.307 e. The SMILES string of the molecule is CNCN1CC(c2cc(C3=CC=C(F)CC=C3)nn2-c2ncccn2)CCC1c1ccccc1. The van der Waals surface area contributed by atoms with Crippen LogP contribution >= 0.6 is 0 Å². The Morgan fingerprint density at radius 2 is 1.88 bits per heavy atom. The van der Waals surface area contributed by atoms with Crippen LogP contribution in [0.2, 0.25) is 0 Å². The lowest BCUT2D eigenvalue weighted by Crippen LogP contribution is -2.42. The van der Waals surface area contributed by atoms with Gasteiger partial charge in [-0.2, -0.15) is 5.10 Å². The first-order valence-corrected chi connectivity index (χ1v) is 11.8. The van der Waals surface area contributed by atoms with Gasteiger partial charge in [0.1, 0.15) is 5.83 Å². The highest BCUT2D eigenvalue weighted by Crippen LogP contribution is 2.38. The summed E-state index contributed by atoms with van der Waals surface area (Å²) in [6, 6.07) is 15.0. The Morgan fingerprint density at radius 1 is 1.06 bits per heavy atom. The predicted octanol–water partition coefficient (Wildman–Crippen LogP) is 4.96. The summed E-state index contributed by atoms with van der Waals surface area (Å²) in [5.74, 6) is 0.661. The van der Waals surface area contributed by atoms with Crippen LogP contribution in [0.3, 0.4) is 0 Å². The molecule has 1 aliphatic carbocycles. The Labute approximate surface area is 199 Å². The quantitative estimate of drug-likeness (QED) is 0.568. The van der Waals surface area contributed by atoms with Gasteiger partial charge in [-0.3, -0.25) is 4.90 Å². The molecule has 0 bridgehead atoms. The summed E-state index contributed by atoms with van der Waals surface area (Å²) in [6.07, 6.45) is 12.9. The van der Waals surface area contributed by atoms with Gasteiger partial charge in [0, 0.05) is 49.6 Å². The van der Waals surface area contributed by atoms with Crippen LogP contribution in [0.25, 0.3) is 11.5 Å². The van der Waals surface area contributed by atoms with Crippen molar-refractivity contribution in [2.24, 2.45) is 0 Å². The number of hydrogen-bond acceptors (Lipinski definition) is 5. The van der Waals surface area contributed by atoms with E-state index >= 15 is 0 Å². The molecular weight excluding hydrogens is 427 g/mol. The van der Waals surface area contributed by atoms with Crippen molar-refractivity contribution in [3.8, 4) is 5.95 Å². The molecule has 3 heterocycles. The summed E-state index contributed by atoms with van der Waals surface area (Å²) >= 11 is 0. The van der Waals surface area contributed by atoms with Crippen LogP contribution in [0.4, 0.5) is 4.39 Å². The highest BCUT2D eigenvalue weighted by molar-refractivity contribution is 5.74. The molecule has 1 saturated heterocycles. The van der Waals surface area contributed by atoms with Crippen molar-refractivity contribution in [1.29, 1.82) is 0 Å². The molecule has 2 aliphatic rings. The Balaban J connectivity index is 1.50. The maximum atomic E-state index is 13.8. The topological polar surface area (TPSA) is 58.9 Å². The van der Waals surface area contributed by atoms with Crippen molar-refractivity contribution in [2.75, 3.05) is 20.3 Å². The van der Waals surface area contributed by atoms with E-state index in [2.05, 4.69) is 56.6 Å². The zero-order valence-electron chi connectivity index (χ0n) is 19.3. The molecule has 7 heteroatoms. The monoisotopic (exact) mass is 456 g/mol. The molecule has 1 aliphatic heterocycles. The molecule has 1 N–H and O–H groups in total. The lowest BCUT2D eigenvalue weighted by atomic mass is 9.87. The van der Waals surface area contributed by atoms with Crippen LogP contribution < -0.4 is 5.32 Å². The molecule has 1 aromatic carbocycles. The van der Waals surface area contributed by atoms with E-state index in [0.717, 1.165) is 43.0 Å². The van der Waals surface area contributed by atoms with Gasteiger partial charge in [-0.05, 0) is 43.7 Å². The molecule has 174 valence electrons. The number of benzene rings is 1. The molecular formula is C27H29FN6. The highest BCUT2D eigenvalue weighted by Gasteiger charge is 2.32. The highest BCUT2D eigenvalue weighted by atomic mass is 19.1. The zero-order valence-corrected chi connectivity index (χ0v) is 19.3. The van der Waals surface area contributed by atoms with Gasteiger partial charge in [0.05, 0.1) is 11.4 Å². The number of aromatic nitrogens is 4. The van der Waals surface area contributed by atoms with Crippen LogP contribution in [-0.4, -0.2) is 44.9 Å². The molecule has 0 amide bonds. The average Bonchev–Trinajstić information content (AvgIpc) is 3.21. The molecule has 0 radical (unpaired) electrons. The zero-order chi connectivity index (χ0) is 23.3. The second-order valence-corrected chi connectivity index (χ2v) is 8.74. The van der Waals surface area contributed by atoms with Gasteiger partial charge < -0.3 is 5.32 Å². The number of likely N-dealkylation sites (tertiary alicyclic amines) is 1. The van der Waals surface area contributed by atoms with Crippen LogP contribution in [0.15, 0.2) is 85.0 Å². The van der Waals surface area contributed by atoms with E-state index in [9.17, 15) is 4.39 Å². The number of halogens is 1. The van der Waals surface area contributed by atoms with E-state index in [1.54, 1.807) is 24.5 Å². The van der Waals surface area contributed by atoms with Crippen molar-refractivity contribution in [3.63, 3.8) is 0 Å². The van der Waals surface area contributed by atoms with Crippen LogP contribution in [-0.2, 0) is 0 Å². The van der Waals surface area contributed by atoms with Gasteiger partial charge in [0.15, 0.2) is 0 Å². The molecule has 3 aromatic rings. The molecule has 0 spiro atoms. The second-order valence-electron chi connectivity index (χ2n) is 8.74.